The molecule has 0 saturated carbocycles. The number of ether oxygens (including phenoxy) is 1. The molecule has 1 aliphatic rings. The molecule has 1 aliphatic heterocycles. The Bertz CT molecular complexity index is 1140. The van der Waals surface area contributed by atoms with Crippen LogP contribution in [0.2, 0.25) is 5.02 Å². The molecule has 152 valence electrons. The summed E-state index contributed by atoms with van der Waals surface area (Å²) in [5, 5.41) is 10.3. The summed E-state index contributed by atoms with van der Waals surface area (Å²) in [6.07, 6.45) is 0. The molecule has 0 unspecified atom stereocenters. The largest absolute Gasteiger partial charge is 0.497 e. The Labute approximate surface area is 179 Å². The number of nitrogens with zero attached hydrogens (tertiary/aromatic N) is 3. The van der Waals surface area contributed by atoms with Crippen LogP contribution in [0.15, 0.2) is 63.8 Å². The van der Waals surface area contributed by atoms with E-state index in [0.717, 1.165) is 24.3 Å². The summed E-state index contributed by atoms with van der Waals surface area (Å²) in [5.74, 6) is 1.14. The number of nitriles is 1. The Morgan fingerprint density at radius 2 is 1.63 bits per heavy atom. The van der Waals surface area contributed by atoms with Crippen molar-refractivity contribution in [3.8, 4) is 23.1 Å². The Hall–Kier alpha value is -3.43. The number of anilines is 2. The first-order chi connectivity index (χ1) is 14.6. The standard InChI is InChI=1S/C23H20ClN3O3/c1-29-17-8-6-16(7-9-17)22-14-21(18(15-25)23(28)30-22)27-12-10-26(11-13-27)20-5-3-2-4-19(20)24/h2-9,14H,10-13H2,1H3. The highest BCUT2D eigenvalue weighted by atomic mass is 35.5. The van der Waals surface area contributed by atoms with E-state index in [4.69, 9.17) is 20.8 Å². The molecule has 0 bridgehead atoms. The quantitative estimate of drug-likeness (QED) is 0.629. The van der Waals surface area contributed by atoms with Gasteiger partial charge in [0.15, 0.2) is 5.56 Å². The second-order valence-electron chi connectivity index (χ2n) is 6.92. The van der Waals surface area contributed by atoms with Gasteiger partial charge in [0.2, 0.25) is 0 Å². The first-order valence-electron chi connectivity index (χ1n) is 9.58. The lowest BCUT2D eigenvalue weighted by Gasteiger charge is -2.37. The van der Waals surface area contributed by atoms with Crippen LogP contribution in [0.5, 0.6) is 5.75 Å². The number of rotatable bonds is 4. The summed E-state index contributed by atoms with van der Waals surface area (Å²) in [6, 6.07) is 18.8. The van der Waals surface area contributed by atoms with Crippen LogP contribution in [0.1, 0.15) is 5.56 Å². The van der Waals surface area contributed by atoms with E-state index in [0.29, 0.717) is 35.3 Å². The van der Waals surface area contributed by atoms with Crippen LogP contribution in [-0.4, -0.2) is 33.3 Å². The molecule has 7 heteroatoms. The number of hydrogen-bond donors (Lipinski definition) is 0. The second kappa shape index (κ2) is 8.52. The smallest absolute Gasteiger partial charge is 0.356 e. The van der Waals surface area contributed by atoms with Crippen molar-refractivity contribution < 1.29 is 9.15 Å². The van der Waals surface area contributed by atoms with Gasteiger partial charge >= 0.3 is 5.63 Å². The number of benzene rings is 2. The molecule has 0 spiro atoms. The van der Waals surface area contributed by atoms with Gasteiger partial charge in [0.1, 0.15) is 17.6 Å². The minimum absolute atomic E-state index is 0.0263. The number of piperazine rings is 1. The zero-order valence-corrected chi connectivity index (χ0v) is 17.2. The fourth-order valence-electron chi connectivity index (χ4n) is 3.63. The molecule has 2 heterocycles. The molecule has 1 saturated heterocycles. The number of hydrogen-bond acceptors (Lipinski definition) is 6. The molecular formula is C23H20ClN3O3. The summed E-state index contributed by atoms with van der Waals surface area (Å²) in [7, 11) is 1.59. The molecule has 0 aliphatic carbocycles. The van der Waals surface area contributed by atoms with Crippen LogP contribution < -0.4 is 20.2 Å². The Kier molecular flexibility index (Phi) is 5.64. The molecule has 0 N–H and O–H groups in total. The van der Waals surface area contributed by atoms with E-state index in [9.17, 15) is 10.1 Å². The lowest BCUT2D eigenvalue weighted by Crippen LogP contribution is -2.47. The van der Waals surface area contributed by atoms with E-state index >= 15 is 0 Å². The predicted molar refractivity (Wildman–Crippen MR) is 118 cm³/mol. The van der Waals surface area contributed by atoms with Crippen LogP contribution in [0.4, 0.5) is 11.4 Å². The maximum absolute atomic E-state index is 12.5. The van der Waals surface area contributed by atoms with Crippen LogP contribution in [0.3, 0.4) is 0 Å². The van der Waals surface area contributed by atoms with Gasteiger partial charge in [0.25, 0.3) is 0 Å². The van der Waals surface area contributed by atoms with E-state index in [2.05, 4.69) is 9.80 Å². The first-order valence-corrected chi connectivity index (χ1v) is 9.95. The third-order valence-corrected chi connectivity index (χ3v) is 5.55. The third kappa shape index (κ3) is 3.85. The molecule has 4 rings (SSSR count). The van der Waals surface area contributed by atoms with Crippen molar-refractivity contribution in [2.45, 2.75) is 0 Å². The summed E-state index contributed by atoms with van der Waals surface area (Å²) in [4.78, 5) is 16.8. The van der Waals surface area contributed by atoms with E-state index < -0.39 is 5.63 Å². The van der Waals surface area contributed by atoms with Crippen LogP contribution >= 0.6 is 11.6 Å². The van der Waals surface area contributed by atoms with Crippen molar-refractivity contribution in [1.29, 1.82) is 5.26 Å². The Balaban J connectivity index is 1.62. The van der Waals surface area contributed by atoms with Gasteiger partial charge in [-0.25, -0.2) is 4.79 Å². The van der Waals surface area contributed by atoms with E-state index in [-0.39, 0.29) is 5.56 Å². The van der Waals surface area contributed by atoms with Crippen molar-refractivity contribution >= 4 is 23.0 Å². The van der Waals surface area contributed by atoms with E-state index in [1.807, 2.05) is 42.5 Å². The lowest BCUT2D eigenvalue weighted by atomic mass is 10.1. The highest BCUT2D eigenvalue weighted by molar-refractivity contribution is 6.33. The molecular weight excluding hydrogens is 402 g/mol. The molecule has 1 fully saturated rings. The molecule has 2 aromatic carbocycles. The zero-order chi connectivity index (χ0) is 21.1. The van der Waals surface area contributed by atoms with Gasteiger partial charge < -0.3 is 19.0 Å². The molecule has 1 aromatic heterocycles. The molecule has 0 amide bonds. The molecule has 0 radical (unpaired) electrons. The number of para-hydroxylation sites is 1. The SMILES string of the molecule is COc1ccc(-c2cc(N3CCN(c4ccccc4Cl)CC3)c(C#N)c(=O)o2)cc1. The van der Waals surface area contributed by atoms with Crippen LogP contribution in [0.25, 0.3) is 11.3 Å². The van der Waals surface area contributed by atoms with Gasteiger partial charge in [-0.1, -0.05) is 23.7 Å². The zero-order valence-electron chi connectivity index (χ0n) is 16.5. The maximum atomic E-state index is 12.5. The Morgan fingerprint density at radius 3 is 2.23 bits per heavy atom. The number of halogens is 1. The molecule has 6 nitrogen and oxygen atoms in total. The summed E-state index contributed by atoms with van der Waals surface area (Å²) >= 11 is 6.33. The van der Waals surface area contributed by atoms with Gasteiger partial charge in [-0.15, -0.1) is 0 Å². The lowest BCUT2D eigenvalue weighted by molar-refractivity contribution is 0.415. The fraction of sp³-hybridized carbons (Fsp3) is 0.217. The molecule has 0 atom stereocenters. The van der Waals surface area contributed by atoms with Crippen molar-refractivity contribution in [3.63, 3.8) is 0 Å². The minimum Gasteiger partial charge on any atom is -0.497 e. The minimum atomic E-state index is -0.630. The van der Waals surface area contributed by atoms with E-state index in [1.54, 1.807) is 25.3 Å². The monoisotopic (exact) mass is 421 g/mol. The summed E-state index contributed by atoms with van der Waals surface area (Å²) in [6.45, 7) is 2.77. The first kappa shape index (κ1) is 19.9. The normalized spacial score (nSPS) is 13.8. The Morgan fingerprint density at radius 1 is 1.00 bits per heavy atom. The van der Waals surface area contributed by atoms with Gasteiger partial charge in [0, 0.05) is 37.8 Å². The third-order valence-electron chi connectivity index (χ3n) is 5.23. The van der Waals surface area contributed by atoms with Crippen molar-refractivity contribution in [1.82, 2.24) is 0 Å². The highest BCUT2D eigenvalue weighted by Gasteiger charge is 2.23. The summed E-state index contributed by atoms with van der Waals surface area (Å²) in [5.41, 5.74) is 1.73. The van der Waals surface area contributed by atoms with Crippen molar-refractivity contribution in [2.24, 2.45) is 0 Å². The van der Waals surface area contributed by atoms with Crippen LogP contribution in [0, 0.1) is 11.3 Å². The van der Waals surface area contributed by atoms with Crippen molar-refractivity contribution in [3.05, 3.63) is 75.6 Å². The van der Waals surface area contributed by atoms with Gasteiger partial charge in [0.05, 0.1) is 23.5 Å². The van der Waals surface area contributed by atoms with Gasteiger partial charge in [-0.05, 0) is 36.4 Å². The number of methoxy groups -OCH3 is 1. The fourth-order valence-corrected chi connectivity index (χ4v) is 3.88. The second-order valence-corrected chi connectivity index (χ2v) is 7.33. The van der Waals surface area contributed by atoms with Gasteiger partial charge in [-0.3, -0.25) is 0 Å². The highest BCUT2D eigenvalue weighted by Crippen LogP contribution is 2.30. The van der Waals surface area contributed by atoms with Crippen LogP contribution in [-0.2, 0) is 0 Å². The topological polar surface area (TPSA) is 69.7 Å². The van der Waals surface area contributed by atoms with Crippen molar-refractivity contribution in [2.75, 3.05) is 43.1 Å². The predicted octanol–water partition coefficient (Wildman–Crippen LogP) is 4.17. The molecule has 3 aromatic rings. The van der Waals surface area contributed by atoms with E-state index in [1.165, 1.54) is 0 Å². The summed E-state index contributed by atoms with van der Waals surface area (Å²) < 4.78 is 10.6. The average Bonchev–Trinajstić information content (AvgIpc) is 2.79. The maximum Gasteiger partial charge on any atom is 0.356 e. The van der Waals surface area contributed by atoms with Gasteiger partial charge in [-0.2, -0.15) is 5.26 Å². The molecule has 30 heavy (non-hydrogen) atoms. The average molecular weight is 422 g/mol.